The summed E-state index contributed by atoms with van der Waals surface area (Å²) in [5, 5.41) is 11.9. The van der Waals surface area contributed by atoms with Crippen LogP contribution in [0.2, 0.25) is 0 Å². The van der Waals surface area contributed by atoms with E-state index in [0.29, 0.717) is 45.3 Å². The number of carbonyl (C=O) groups excluding carboxylic acids is 4. The Morgan fingerprint density at radius 1 is 1.02 bits per heavy atom. The van der Waals surface area contributed by atoms with Crippen molar-refractivity contribution < 1.29 is 33.8 Å². The van der Waals surface area contributed by atoms with Crippen molar-refractivity contribution in [3.8, 4) is 0 Å². The normalized spacial score (nSPS) is 33.3. The number of hydrogen-bond acceptors (Lipinski definition) is 7. The van der Waals surface area contributed by atoms with E-state index in [0.717, 1.165) is 32.1 Å². The van der Waals surface area contributed by atoms with E-state index in [1.54, 1.807) is 22.8 Å². The van der Waals surface area contributed by atoms with Gasteiger partial charge in [-0.2, -0.15) is 0 Å². The number of unbranched alkanes of at least 4 members (excludes halogenated alkanes) is 5. The van der Waals surface area contributed by atoms with Gasteiger partial charge >= 0.3 is 5.97 Å². The quantitative estimate of drug-likeness (QED) is 0.239. The number of nitrogens with zero attached hydrogens (tertiary/aromatic N) is 2. The molecule has 10 nitrogen and oxygen atoms in total. The van der Waals surface area contributed by atoms with E-state index in [1.165, 1.54) is 0 Å². The first-order chi connectivity index (χ1) is 19.3. The zero-order valence-corrected chi connectivity index (χ0v) is 23.9. The molecule has 222 valence electrons. The number of amides is 3. The van der Waals surface area contributed by atoms with Crippen LogP contribution in [0, 0.1) is 11.8 Å². The molecule has 0 aromatic rings. The lowest BCUT2D eigenvalue weighted by molar-refractivity contribution is -0.158. The first kappa shape index (κ1) is 30.2. The number of esters is 1. The molecule has 0 radical (unpaired) electrons. The molecule has 2 fully saturated rings. The predicted octanol–water partition coefficient (Wildman–Crippen LogP) is 2.11. The number of carbonyl (C=O) groups is 4. The van der Waals surface area contributed by atoms with Crippen LogP contribution >= 0.6 is 0 Å². The van der Waals surface area contributed by atoms with E-state index in [-0.39, 0.29) is 30.9 Å². The van der Waals surface area contributed by atoms with Crippen LogP contribution in [0.1, 0.15) is 71.6 Å². The Balaban J connectivity index is 1.67. The van der Waals surface area contributed by atoms with Crippen LogP contribution in [0.3, 0.4) is 0 Å². The Morgan fingerprint density at radius 2 is 1.80 bits per heavy atom. The second-order valence-electron chi connectivity index (χ2n) is 11.4. The number of nitrogens with one attached hydrogen (secondary N) is 1. The van der Waals surface area contributed by atoms with E-state index >= 15 is 0 Å². The molecule has 2 N–H and O–H groups in total. The maximum absolute atomic E-state index is 14.4. The highest BCUT2D eigenvalue weighted by atomic mass is 16.6. The van der Waals surface area contributed by atoms with Gasteiger partial charge < -0.3 is 29.7 Å². The van der Waals surface area contributed by atoms with Gasteiger partial charge in [-0.25, -0.2) is 0 Å². The third-order valence-corrected chi connectivity index (χ3v) is 8.46. The third-order valence-electron chi connectivity index (χ3n) is 8.46. The lowest BCUT2D eigenvalue weighted by Crippen LogP contribution is -2.56. The Kier molecular flexibility index (Phi) is 10.4. The summed E-state index contributed by atoms with van der Waals surface area (Å²) in [5.74, 6) is -2.80. The number of aliphatic hydroxyl groups is 1. The molecular weight excluding hydrogens is 514 g/mol. The molecular formula is C30H45N3O7. The van der Waals surface area contributed by atoms with Crippen LogP contribution in [0.4, 0.5) is 0 Å². The molecule has 0 unspecified atom stereocenters. The second-order valence-corrected chi connectivity index (χ2v) is 11.4. The number of hydrogen-bond donors (Lipinski definition) is 2. The molecule has 0 aliphatic carbocycles. The fourth-order valence-corrected chi connectivity index (χ4v) is 6.42. The molecule has 6 atom stereocenters. The number of cyclic esters (lactones) is 1. The number of allylic oxidation sites excluding steroid dienone is 1. The number of likely N-dealkylation sites (tertiary alicyclic amines) is 1. The molecule has 4 rings (SSSR count). The molecule has 10 heteroatoms. The summed E-state index contributed by atoms with van der Waals surface area (Å²) in [7, 11) is 0. The lowest BCUT2D eigenvalue weighted by Gasteiger charge is -2.36. The number of ether oxygens (including phenoxy) is 2. The first-order valence-electron chi connectivity index (χ1n) is 15.0. The molecule has 4 aliphatic rings. The van der Waals surface area contributed by atoms with Crippen LogP contribution in [-0.2, 0) is 28.7 Å². The van der Waals surface area contributed by atoms with Crippen molar-refractivity contribution in [2.45, 2.75) is 95.5 Å². The van der Waals surface area contributed by atoms with Crippen molar-refractivity contribution in [1.82, 2.24) is 15.1 Å². The summed E-state index contributed by atoms with van der Waals surface area (Å²) in [6.45, 7) is 5.42. The van der Waals surface area contributed by atoms with E-state index in [2.05, 4.69) is 12.2 Å². The topological polar surface area (TPSA) is 125 Å². The molecule has 0 aromatic carbocycles. The molecule has 5 bridgehead atoms. The molecule has 0 saturated carbocycles. The van der Waals surface area contributed by atoms with Gasteiger partial charge in [0.15, 0.2) is 0 Å². The van der Waals surface area contributed by atoms with Gasteiger partial charge in [-0.15, -0.1) is 0 Å². The van der Waals surface area contributed by atoms with Crippen LogP contribution < -0.4 is 5.32 Å². The molecule has 4 heterocycles. The van der Waals surface area contributed by atoms with Crippen molar-refractivity contribution in [2.24, 2.45) is 11.8 Å². The Bertz CT molecular complexity index is 998. The van der Waals surface area contributed by atoms with Gasteiger partial charge in [0, 0.05) is 32.7 Å². The highest BCUT2D eigenvalue weighted by molar-refractivity contribution is 5.99. The summed E-state index contributed by atoms with van der Waals surface area (Å²) in [4.78, 5) is 57.5. The number of fused-ring (bicyclic) bond motifs is 2. The van der Waals surface area contributed by atoms with Gasteiger partial charge in [-0.05, 0) is 32.6 Å². The van der Waals surface area contributed by atoms with E-state index in [9.17, 15) is 19.2 Å². The summed E-state index contributed by atoms with van der Waals surface area (Å²) < 4.78 is 12.1. The molecule has 3 amide bonds. The van der Waals surface area contributed by atoms with Crippen molar-refractivity contribution >= 4 is 23.7 Å². The summed E-state index contributed by atoms with van der Waals surface area (Å²) in [5.41, 5.74) is -1.22. The fourth-order valence-electron chi connectivity index (χ4n) is 6.42. The lowest BCUT2D eigenvalue weighted by atomic mass is 9.74. The van der Waals surface area contributed by atoms with Crippen molar-refractivity contribution in [3.63, 3.8) is 0 Å². The molecule has 1 spiro atoms. The van der Waals surface area contributed by atoms with Crippen LogP contribution in [0.25, 0.3) is 0 Å². The van der Waals surface area contributed by atoms with E-state index < -0.39 is 41.7 Å². The Hall–Kier alpha value is -2.72. The highest BCUT2D eigenvalue weighted by Crippen LogP contribution is 2.55. The smallest absolute Gasteiger partial charge is 0.313 e. The molecule has 0 aromatic heterocycles. The number of aliphatic hydroxyl groups excluding tert-OH is 1. The third kappa shape index (κ3) is 6.28. The van der Waals surface area contributed by atoms with Gasteiger partial charge in [0.05, 0.1) is 18.6 Å². The van der Waals surface area contributed by atoms with Crippen molar-refractivity contribution in [3.05, 3.63) is 24.3 Å². The van der Waals surface area contributed by atoms with Gasteiger partial charge in [-0.3, -0.25) is 19.2 Å². The second kappa shape index (κ2) is 13.8. The Labute approximate surface area is 237 Å². The maximum atomic E-state index is 14.4. The zero-order chi connectivity index (χ0) is 28.7. The SMILES string of the molecule is CCCCCN1C/C=C\CCC(=O)NC[C@@H](C)OC(=O)[C@@H]2[C@@H]3C=C[C@]4(O3)[C@H](C1=O)N(CCCCCCO)C(=O)[C@@H]24. The van der Waals surface area contributed by atoms with Gasteiger partial charge in [-0.1, -0.05) is 56.9 Å². The summed E-state index contributed by atoms with van der Waals surface area (Å²) in [6, 6.07) is -0.867. The molecule has 40 heavy (non-hydrogen) atoms. The maximum Gasteiger partial charge on any atom is 0.313 e. The van der Waals surface area contributed by atoms with Gasteiger partial charge in [0.2, 0.25) is 17.7 Å². The molecule has 2 saturated heterocycles. The van der Waals surface area contributed by atoms with Gasteiger partial charge in [0.1, 0.15) is 23.7 Å². The minimum absolute atomic E-state index is 0.126. The van der Waals surface area contributed by atoms with Crippen molar-refractivity contribution in [2.75, 3.05) is 32.8 Å². The summed E-state index contributed by atoms with van der Waals surface area (Å²) >= 11 is 0. The average molecular weight is 560 g/mol. The Morgan fingerprint density at radius 3 is 2.58 bits per heavy atom. The zero-order valence-electron chi connectivity index (χ0n) is 23.9. The standard InChI is InChI=1S/C30H45N3O7/c1-3-4-9-16-32-17-10-7-8-13-23(35)31-20-21(2)39-29(38)24-22-14-15-30(40-22)25(24)27(36)33(26(30)28(32)37)18-11-5-6-12-19-34/h7,10,14-15,21-22,24-26,34H,3-6,8-9,11-13,16-20H2,1-2H3,(H,31,35)/b10-7-/t21-,22+,24-,25-,26+,30-/m1/s1. The largest absolute Gasteiger partial charge is 0.460 e. The summed E-state index contributed by atoms with van der Waals surface area (Å²) in [6.07, 6.45) is 12.9. The van der Waals surface area contributed by atoms with Crippen LogP contribution in [0.5, 0.6) is 0 Å². The monoisotopic (exact) mass is 559 g/mol. The van der Waals surface area contributed by atoms with E-state index in [1.807, 2.05) is 18.2 Å². The van der Waals surface area contributed by atoms with Crippen LogP contribution in [0.15, 0.2) is 24.3 Å². The minimum Gasteiger partial charge on any atom is -0.460 e. The van der Waals surface area contributed by atoms with Crippen molar-refractivity contribution in [1.29, 1.82) is 0 Å². The average Bonchev–Trinajstić information content (AvgIpc) is 3.57. The highest BCUT2D eigenvalue weighted by Gasteiger charge is 2.73. The van der Waals surface area contributed by atoms with Gasteiger partial charge in [0.25, 0.3) is 0 Å². The fraction of sp³-hybridized carbons (Fsp3) is 0.733. The minimum atomic E-state index is -1.22. The first-order valence-corrected chi connectivity index (χ1v) is 15.0. The molecule has 4 aliphatic heterocycles. The predicted molar refractivity (Wildman–Crippen MR) is 148 cm³/mol. The van der Waals surface area contributed by atoms with E-state index in [4.69, 9.17) is 14.6 Å². The van der Waals surface area contributed by atoms with Crippen LogP contribution in [-0.4, -0.2) is 95.2 Å². The number of rotatable bonds is 10.